The molecule has 3 amide bonds. The molecule has 1 fully saturated rings. The second-order valence-electron chi connectivity index (χ2n) is 10.0. The minimum absolute atomic E-state index is 0.0337. The van der Waals surface area contributed by atoms with E-state index >= 15 is 0 Å². The van der Waals surface area contributed by atoms with E-state index in [9.17, 15) is 14.4 Å². The molecule has 0 aromatic heterocycles. The Morgan fingerprint density at radius 3 is 1.94 bits per heavy atom. The summed E-state index contributed by atoms with van der Waals surface area (Å²) in [5.74, 6) is -1.18. The fourth-order valence-corrected chi connectivity index (χ4v) is 4.41. The van der Waals surface area contributed by atoms with Crippen LogP contribution in [0.5, 0.6) is 0 Å². The van der Waals surface area contributed by atoms with Gasteiger partial charge in [0.2, 0.25) is 5.91 Å². The summed E-state index contributed by atoms with van der Waals surface area (Å²) < 4.78 is 11.4. The lowest BCUT2D eigenvalue weighted by atomic mass is 9.75. The molecule has 7 nitrogen and oxygen atoms in total. The molecule has 3 rings (SSSR count). The summed E-state index contributed by atoms with van der Waals surface area (Å²) in [6.45, 7) is 10.9. The first-order valence-corrected chi connectivity index (χ1v) is 11.6. The van der Waals surface area contributed by atoms with Crippen molar-refractivity contribution in [2.45, 2.75) is 58.8 Å². The lowest BCUT2D eigenvalue weighted by Crippen LogP contribution is -2.52. The Hall–Kier alpha value is -3.35. The maximum absolute atomic E-state index is 13.6. The number of ether oxygens (including phenoxy) is 2. The molecule has 0 radical (unpaired) electrons. The fraction of sp³-hybridized carbons (Fsp3) is 0.444. The van der Waals surface area contributed by atoms with Crippen molar-refractivity contribution in [3.05, 3.63) is 71.8 Å². The Morgan fingerprint density at radius 1 is 1.00 bits per heavy atom. The van der Waals surface area contributed by atoms with Crippen molar-refractivity contribution in [3.63, 3.8) is 0 Å². The topological polar surface area (TPSA) is 84.9 Å². The Morgan fingerprint density at radius 2 is 1.50 bits per heavy atom. The van der Waals surface area contributed by atoms with Gasteiger partial charge < -0.3 is 14.8 Å². The summed E-state index contributed by atoms with van der Waals surface area (Å²) in [7, 11) is 0. The minimum Gasteiger partial charge on any atom is -0.444 e. The molecule has 2 aromatic rings. The van der Waals surface area contributed by atoms with Crippen molar-refractivity contribution in [2.75, 3.05) is 6.54 Å². The SMILES string of the molecule is CC(CNC(=O)OC(C)(C)C)C(=O)N1C(=O)OC(c2ccccc2)(c2ccccc2)C1C(C)C. The maximum atomic E-state index is 13.6. The molecule has 1 aliphatic rings. The average molecular weight is 467 g/mol. The lowest BCUT2D eigenvalue weighted by Gasteiger charge is -2.38. The zero-order valence-electron chi connectivity index (χ0n) is 20.7. The van der Waals surface area contributed by atoms with Crippen LogP contribution < -0.4 is 5.32 Å². The Balaban J connectivity index is 1.95. The van der Waals surface area contributed by atoms with E-state index < -0.39 is 41.3 Å². The van der Waals surface area contributed by atoms with Crippen molar-refractivity contribution < 1.29 is 23.9 Å². The summed E-state index contributed by atoms with van der Waals surface area (Å²) in [5.41, 5.74) is -0.211. The van der Waals surface area contributed by atoms with Crippen LogP contribution in [0.4, 0.5) is 9.59 Å². The molecule has 0 aliphatic carbocycles. The van der Waals surface area contributed by atoms with Crippen LogP contribution >= 0.6 is 0 Å². The van der Waals surface area contributed by atoms with Crippen LogP contribution in [-0.4, -0.2) is 41.2 Å². The molecule has 182 valence electrons. The highest BCUT2D eigenvalue weighted by Crippen LogP contribution is 2.47. The first-order valence-electron chi connectivity index (χ1n) is 11.6. The molecule has 0 bridgehead atoms. The molecule has 7 heteroatoms. The number of hydrogen-bond acceptors (Lipinski definition) is 5. The van der Waals surface area contributed by atoms with Crippen LogP contribution in [0.3, 0.4) is 0 Å². The lowest BCUT2D eigenvalue weighted by molar-refractivity contribution is -0.134. The van der Waals surface area contributed by atoms with Crippen molar-refractivity contribution in [2.24, 2.45) is 11.8 Å². The second kappa shape index (κ2) is 9.87. The highest BCUT2D eigenvalue weighted by Gasteiger charge is 2.59. The highest BCUT2D eigenvalue weighted by molar-refractivity contribution is 5.96. The molecule has 2 unspecified atom stereocenters. The van der Waals surface area contributed by atoms with Crippen molar-refractivity contribution >= 4 is 18.1 Å². The first-order chi connectivity index (χ1) is 16.0. The zero-order valence-corrected chi connectivity index (χ0v) is 20.7. The van der Waals surface area contributed by atoms with E-state index in [1.807, 2.05) is 74.5 Å². The molecular weight excluding hydrogens is 432 g/mol. The molecule has 1 saturated heterocycles. The van der Waals surface area contributed by atoms with Crippen LogP contribution in [0.2, 0.25) is 0 Å². The number of nitrogens with zero attached hydrogens (tertiary/aromatic N) is 1. The number of carbonyl (C=O) groups excluding carboxylic acids is 3. The number of cyclic esters (lactones) is 1. The van der Waals surface area contributed by atoms with Gasteiger partial charge in [-0.05, 0) is 26.7 Å². The fourth-order valence-electron chi connectivity index (χ4n) is 4.41. The number of rotatable bonds is 6. The van der Waals surface area contributed by atoms with E-state index in [1.54, 1.807) is 27.7 Å². The molecule has 0 spiro atoms. The Labute approximate surface area is 201 Å². The third-order valence-corrected chi connectivity index (χ3v) is 5.79. The minimum atomic E-state index is -1.15. The Kier molecular flexibility index (Phi) is 7.34. The Bertz CT molecular complexity index is 975. The number of carbonyl (C=O) groups is 3. The predicted molar refractivity (Wildman–Crippen MR) is 129 cm³/mol. The van der Waals surface area contributed by atoms with Gasteiger partial charge in [-0.1, -0.05) is 81.4 Å². The third kappa shape index (κ3) is 5.08. The van der Waals surface area contributed by atoms with Gasteiger partial charge in [-0.25, -0.2) is 14.5 Å². The summed E-state index contributed by atoms with van der Waals surface area (Å²) in [6, 6.07) is 18.4. The third-order valence-electron chi connectivity index (χ3n) is 5.79. The number of amides is 3. The molecule has 1 heterocycles. The molecular formula is C27H34N2O5. The van der Waals surface area contributed by atoms with Gasteiger partial charge in [0.05, 0.1) is 12.0 Å². The van der Waals surface area contributed by atoms with Crippen LogP contribution in [0.1, 0.15) is 52.7 Å². The molecule has 0 saturated carbocycles. The highest BCUT2D eigenvalue weighted by atomic mass is 16.6. The standard InChI is InChI=1S/C27H34N2O5/c1-18(2)22-27(20-13-9-7-10-14-20,21-15-11-8-12-16-21)34-25(32)29(22)23(30)19(3)17-28-24(31)33-26(4,5)6/h7-16,18-19,22H,17H2,1-6H3,(H,28,31). The van der Waals surface area contributed by atoms with E-state index in [2.05, 4.69) is 5.32 Å². The predicted octanol–water partition coefficient (Wildman–Crippen LogP) is 5.09. The van der Waals surface area contributed by atoms with Crippen LogP contribution in [0.15, 0.2) is 60.7 Å². The van der Waals surface area contributed by atoms with Gasteiger partial charge in [0, 0.05) is 17.7 Å². The van der Waals surface area contributed by atoms with E-state index in [0.717, 1.165) is 11.1 Å². The quantitative estimate of drug-likeness (QED) is 0.641. The first kappa shape index (κ1) is 25.3. The summed E-state index contributed by atoms with van der Waals surface area (Å²) in [5, 5.41) is 2.63. The maximum Gasteiger partial charge on any atom is 0.418 e. The molecule has 1 N–H and O–H groups in total. The summed E-state index contributed by atoms with van der Waals surface area (Å²) in [4.78, 5) is 40.1. The van der Waals surface area contributed by atoms with E-state index in [0.29, 0.717) is 0 Å². The monoisotopic (exact) mass is 466 g/mol. The van der Waals surface area contributed by atoms with Gasteiger partial charge in [0.15, 0.2) is 5.60 Å². The molecule has 1 aliphatic heterocycles. The van der Waals surface area contributed by atoms with Crippen LogP contribution in [-0.2, 0) is 19.9 Å². The van der Waals surface area contributed by atoms with Gasteiger partial charge >= 0.3 is 12.2 Å². The number of imide groups is 1. The van der Waals surface area contributed by atoms with Gasteiger partial charge in [0.25, 0.3) is 0 Å². The number of benzene rings is 2. The molecule has 2 aromatic carbocycles. The van der Waals surface area contributed by atoms with E-state index in [-0.39, 0.29) is 12.5 Å². The van der Waals surface area contributed by atoms with Crippen molar-refractivity contribution in [1.82, 2.24) is 10.2 Å². The van der Waals surface area contributed by atoms with Crippen LogP contribution in [0, 0.1) is 11.8 Å². The summed E-state index contributed by atoms with van der Waals surface area (Å²) in [6.07, 6.45) is -1.31. The number of alkyl carbamates (subject to hydrolysis) is 1. The van der Waals surface area contributed by atoms with Gasteiger partial charge in [0.1, 0.15) is 5.60 Å². The van der Waals surface area contributed by atoms with Gasteiger partial charge in [-0.2, -0.15) is 0 Å². The van der Waals surface area contributed by atoms with Gasteiger partial charge in [-0.15, -0.1) is 0 Å². The number of hydrogen-bond donors (Lipinski definition) is 1. The van der Waals surface area contributed by atoms with Crippen LogP contribution in [0.25, 0.3) is 0 Å². The van der Waals surface area contributed by atoms with Gasteiger partial charge in [-0.3, -0.25) is 4.79 Å². The number of nitrogens with one attached hydrogen (secondary N) is 1. The zero-order chi connectivity index (χ0) is 25.1. The average Bonchev–Trinajstić information content (AvgIpc) is 3.11. The van der Waals surface area contributed by atoms with E-state index in [4.69, 9.17) is 9.47 Å². The van der Waals surface area contributed by atoms with Crippen molar-refractivity contribution in [1.29, 1.82) is 0 Å². The molecule has 2 atom stereocenters. The molecule has 34 heavy (non-hydrogen) atoms. The summed E-state index contributed by atoms with van der Waals surface area (Å²) >= 11 is 0. The largest absolute Gasteiger partial charge is 0.444 e. The second-order valence-corrected chi connectivity index (χ2v) is 10.0. The smallest absolute Gasteiger partial charge is 0.418 e. The van der Waals surface area contributed by atoms with Crippen molar-refractivity contribution in [3.8, 4) is 0 Å². The normalized spacial score (nSPS) is 18.4. The van der Waals surface area contributed by atoms with E-state index in [1.165, 1.54) is 4.90 Å².